The minimum absolute atomic E-state index is 1.00. The molecule has 3 nitrogen and oxygen atoms in total. The largest absolute Gasteiger partial charge is 0.319 e. The fraction of sp³-hybridized carbons (Fsp3) is 0.400. The molecule has 1 aromatic rings. The number of allylic oxidation sites excluding steroid dienone is 1. The second-order valence-corrected chi connectivity index (χ2v) is 2.91. The lowest BCUT2D eigenvalue weighted by atomic mass is 10.1. The Labute approximate surface area is 78.9 Å². The molecule has 13 heavy (non-hydrogen) atoms. The summed E-state index contributed by atoms with van der Waals surface area (Å²) in [4.78, 5) is 7.93. The molecule has 0 atom stereocenters. The van der Waals surface area contributed by atoms with E-state index in [1.54, 1.807) is 6.33 Å². The third kappa shape index (κ3) is 3.34. The molecule has 0 aliphatic rings. The van der Waals surface area contributed by atoms with E-state index < -0.39 is 0 Å². The Balaban J connectivity index is 2.57. The summed E-state index contributed by atoms with van der Waals surface area (Å²) in [5.74, 6) is 0. The molecule has 0 aromatic carbocycles. The van der Waals surface area contributed by atoms with Crippen LogP contribution in [0.4, 0.5) is 0 Å². The van der Waals surface area contributed by atoms with Crippen LogP contribution in [-0.2, 0) is 0 Å². The number of aromatic nitrogens is 2. The smallest absolute Gasteiger partial charge is 0.115 e. The maximum Gasteiger partial charge on any atom is 0.115 e. The van der Waals surface area contributed by atoms with Gasteiger partial charge in [-0.2, -0.15) is 0 Å². The molecule has 0 amide bonds. The number of hydrogen-bond donors (Lipinski definition) is 1. The van der Waals surface area contributed by atoms with Gasteiger partial charge in [0.05, 0.1) is 0 Å². The summed E-state index contributed by atoms with van der Waals surface area (Å²) in [6.07, 6.45) is 8.44. The van der Waals surface area contributed by atoms with E-state index in [1.807, 2.05) is 19.4 Å². The van der Waals surface area contributed by atoms with E-state index in [1.165, 1.54) is 5.57 Å². The highest BCUT2D eigenvalue weighted by molar-refractivity contribution is 5.61. The van der Waals surface area contributed by atoms with Gasteiger partial charge in [-0.3, -0.25) is 0 Å². The Bertz CT molecular complexity index is 267. The average Bonchev–Trinajstić information content (AvgIpc) is 2.19. The fourth-order valence-corrected chi connectivity index (χ4v) is 1.05. The summed E-state index contributed by atoms with van der Waals surface area (Å²) in [7, 11) is 1.95. The topological polar surface area (TPSA) is 37.8 Å². The van der Waals surface area contributed by atoms with Gasteiger partial charge in [0, 0.05) is 18.0 Å². The molecule has 3 heteroatoms. The van der Waals surface area contributed by atoms with Crippen LogP contribution in [0.3, 0.4) is 0 Å². The molecule has 0 bridgehead atoms. The van der Waals surface area contributed by atoms with Crippen molar-refractivity contribution < 1.29 is 0 Å². The lowest BCUT2D eigenvalue weighted by Gasteiger charge is -1.99. The van der Waals surface area contributed by atoms with E-state index in [4.69, 9.17) is 0 Å². The Morgan fingerprint density at radius 2 is 2.15 bits per heavy atom. The van der Waals surface area contributed by atoms with Crippen LogP contribution < -0.4 is 5.32 Å². The third-order valence-corrected chi connectivity index (χ3v) is 1.86. The maximum atomic E-state index is 3.97. The SMILES string of the molecule is CNCCC=C(C)c1cncnc1. The monoisotopic (exact) mass is 177 g/mol. The van der Waals surface area contributed by atoms with E-state index in [-0.39, 0.29) is 0 Å². The second-order valence-electron chi connectivity index (χ2n) is 2.91. The van der Waals surface area contributed by atoms with E-state index in [0.29, 0.717) is 0 Å². The zero-order chi connectivity index (χ0) is 9.52. The first-order valence-corrected chi connectivity index (χ1v) is 4.41. The van der Waals surface area contributed by atoms with Crippen molar-refractivity contribution in [2.75, 3.05) is 13.6 Å². The second kappa shape index (κ2) is 5.43. The molecule has 0 spiro atoms. The molecule has 0 saturated carbocycles. The number of nitrogens with zero attached hydrogens (tertiary/aromatic N) is 2. The molecular weight excluding hydrogens is 162 g/mol. The van der Waals surface area contributed by atoms with Gasteiger partial charge in [-0.15, -0.1) is 0 Å². The fourth-order valence-electron chi connectivity index (χ4n) is 1.05. The molecule has 0 aliphatic heterocycles. The molecule has 70 valence electrons. The van der Waals surface area contributed by atoms with Crippen LogP contribution >= 0.6 is 0 Å². The number of hydrogen-bond acceptors (Lipinski definition) is 3. The first-order chi connectivity index (χ1) is 6.34. The van der Waals surface area contributed by atoms with Gasteiger partial charge in [0.1, 0.15) is 6.33 Å². The predicted molar refractivity (Wildman–Crippen MR) is 54.2 cm³/mol. The van der Waals surface area contributed by atoms with Gasteiger partial charge in [-0.05, 0) is 32.5 Å². The Morgan fingerprint density at radius 1 is 1.46 bits per heavy atom. The zero-order valence-electron chi connectivity index (χ0n) is 8.12. The van der Waals surface area contributed by atoms with Crippen molar-refractivity contribution in [1.82, 2.24) is 15.3 Å². The number of rotatable bonds is 4. The highest BCUT2D eigenvalue weighted by Crippen LogP contribution is 2.10. The van der Waals surface area contributed by atoms with Gasteiger partial charge >= 0.3 is 0 Å². The van der Waals surface area contributed by atoms with Crippen molar-refractivity contribution in [2.24, 2.45) is 0 Å². The molecule has 1 rings (SSSR count). The molecular formula is C10H15N3. The average molecular weight is 177 g/mol. The van der Waals surface area contributed by atoms with Crippen LogP contribution in [0.5, 0.6) is 0 Å². The molecule has 1 heterocycles. The quantitative estimate of drug-likeness (QED) is 0.708. The van der Waals surface area contributed by atoms with E-state index >= 15 is 0 Å². The molecule has 0 fully saturated rings. The van der Waals surface area contributed by atoms with Crippen LogP contribution in [0.1, 0.15) is 18.9 Å². The molecule has 1 N–H and O–H groups in total. The lowest BCUT2D eigenvalue weighted by Crippen LogP contribution is -2.05. The Kier molecular flexibility index (Phi) is 4.12. The molecule has 0 radical (unpaired) electrons. The summed E-state index contributed by atoms with van der Waals surface area (Å²) >= 11 is 0. The normalized spacial score (nSPS) is 11.7. The third-order valence-electron chi connectivity index (χ3n) is 1.86. The summed E-state index contributed by atoms with van der Waals surface area (Å²) in [6, 6.07) is 0. The van der Waals surface area contributed by atoms with Crippen molar-refractivity contribution in [3.8, 4) is 0 Å². The molecule has 0 unspecified atom stereocenters. The Morgan fingerprint density at radius 3 is 2.77 bits per heavy atom. The summed E-state index contributed by atoms with van der Waals surface area (Å²) < 4.78 is 0. The summed E-state index contributed by atoms with van der Waals surface area (Å²) in [5, 5.41) is 3.10. The molecule has 0 saturated heterocycles. The van der Waals surface area contributed by atoms with Gasteiger partial charge in [-0.1, -0.05) is 6.08 Å². The van der Waals surface area contributed by atoms with Gasteiger partial charge in [0.15, 0.2) is 0 Å². The van der Waals surface area contributed by atoms with Crippen molar-refractivity contribution in [3.63, 3.8) is 0 Å². The van der Waals surface area contributed by atoms with Crippen LogP contribution in [0.15, 0.2) is 24.8 Å². The van der Waals surface area contributed by atoms with Crippen molar-refractivity contribution in [1.29, 1.82) is 0 Å². The zero-order valence-corrected chi connectivity index (χ0v) is 8.12. The van der Waals surface area contributed by atoms with Gasteiger partial charge in [0.25, 0.3) is 0 Å². The first kappa shape index (κ1) is 9.86. The standard InChI is InChI=1S/C10H15N3/c1-9(4-3-5-11-2)10-6-12-8-13-7-10/h4,6-8,11H,3,5H2,1-2H3. The van der Waals surface area contributed by atoms with E-state index in [2.05, 4.69) is 28.3 Å². The lowest BCUT2D eigenvalue weighted by molar-refractivity contribution is 0.808. The highest BCUT2D eigenvalue weighted by atomic mass is 14.8. The first-order valence-electron chi connectivity index (χ1n) is 4.41. The molecule has 1 aromatic heterocycles. The van der Waals surface area contributed by atoms with Crippen LogP contribution in [-0.4, -0.2) is 23.6 Å². The van der Waals surface area contributed by atoms with Crippen LogP contribution in [0.2, 0.25) is 0 Å². The van der Waals surface area contributed by atoms with Gasteiger partial charge < -0.3 is 5.32 Å². The van der Waals surface area contributed by atoms with Crippen molar-refractivity contribution in [2.45, 2.75) is 13.3 Å². The predicted octanol–water partition coefficient (Wildman–Crippen LogP) is 1.49. The van der Waals surface area contributed by atoms with E-state index in [9.17, 15) is 0 Å². The highest BCUT2D eigenvalue weighted by Gasteiger charge is 1.93. The maximum absolute atomic E-state index is 3.97. The van der Waals surface area contributed by atoms with E-state index in [0.717, 1.165) is 18.5 Å². The van der Waals surface area contributed by atoms with Crippen LogP contribution in [0, 0.1) is 0 Å². The van der Waals surface area contributed by atoms with Crippen LogP contribution in [0.25, 0.3) is 5.57 Å². The van der Waals surface area contributed by atoms with Crippen molar-refractivity contribution in [3.05, 3.63) is 30.4 Å². The summed E-state index contributed by atoms with van der Waals surface area (Å²) in [6.45, 7) is 3.08. The minimum Gasteiger partial charge on any atom is -0.319 e. The van der Waals surface area contributed by atoms with Gasteiger partial charge in [0.2, 0.25) is 0 Å². The minimum atomic E-state index is 1.00. The van der Waals surface area contributed by atoms with Gasteiger partial charge in [-0.25, -0.2) is 9.97 Å². The van der Waals surface area contributed by atoms with Crippen molar-refractivity contribution >= 4 is 5.57 Å². The summed E-state index contributed by atoms with van der Waals surface area (Å²) in [5.41, 5.74) is 2.33. The molecule has 0 aliphatic carbocycles. The number of nitrogens with one attached hydrogen (secondary N) is 1. The Hall–Kier alpha value is -1.22.